The van der Waals surface area contributed by atoms with Gasteiger partial charge in [0, 0.05) is 35.8 Å². The van der Waals surface area contributed by atoms with E-state index >= 15 is 0 Å². The van der Waals surface area contributed by atoms with Gasteiger partial charge in [-0.05, 0) is 113 Å². The molecule has 1 aromatic heterocycles. The second kappa shape index (κ2) is 13.8. The second-order valence-corrected chi connectivity index (χ2v) is 13.0. The largest absolute Gasteiger partial charge is 0.350 e. The minimum absolute atomic E-state index is 0.0111. The lowest BCUT2D eigenvalue weighted by Gasteiger charge is -2.36. The summed E-state index contributed by atoms with van der Waals surface area (Å²) >= 11 is 0. The van der Waals surface area contributed by atoms with Crippen LogP contribution in [0, 0.1) is 11.3 Å². The van der Waals surface area contributed by atoms with E-state index in [1.807, 2.05) is 71.0 Å². The van der Waals surface area contributed by atoms with Crippen molar-refractivity contribution in [2.75, 3.05) is 13.1 Å². The van der Waals surface area contributed by atoms with Gasteiger partial charge in [-0.15, -0.1) is 10.2 Å². The number of fused-ring (bicyclic) bond motifs is 2. The highest BCUT2D eigenvalue weighted by molar-refractivity contribution is 5.95. The highest BCUT2D eigenvalue weighted by Gasteiger charge is 2.46. The molecule has 2 heterocycles. The summed E-state index contributed by atoms with van der Waals surface area (Å²) in [6, 6.07) is 13.1. The zero-order chi connectivity index (χ0) is 33.0. The summed E-state index contributed by atoms with van der Waals surface area (Å²) in [5, 5.41) is 34.5. The van der Waals surface area contributed by atoms with E-state index in [1.165, 1.54) is 0 Å². The third kappa shape index (κ3) is 6.65. The van der Waals surface area contributed by atoms with Crippen LogP contribution in [-0.2, 0) is 23.1 Å². The van der Waals surface area contributed by atoms with Crippen molar-refractivity contribution >= 4 is 17.7 Å². The van der Waals surface area contributed by atoms with E-state index < -0.39 is 5.41 Å². The molecule has 1 saturated heterocycles. The number of aromatic amines is 1. The molecule has 12 nitrogen and oxygen atoms in total. The number of likely N-dealkylation sites (tertiary alicyclic amines) is 1. The summed E-state index contributed by atoms with van der Waals surface area (Å²) < 4.78 is 0. The number of nitrogens with one attached hydrogen (secondary N) is 4. The van der Waals surface area contributed by atoms with Gasteiger partial charge in [0.2, 0.25) is 5.91 Å². The van der Waals surface area contributed by atoms with Crippen molar-refractivity contribution < 1.29 is 14.4 Å². The maximum atomic E-state index is 13.1. The van der Waals surface area contributed by atoms with E-state index in [9.17, 15) is 19.6 Å². The first kappa shape index (κ1) is 32.8. The monoisotopic (exact) mass is 625 g/mol. The van der Waals surface area contributed by atoms with Gasteiger partial charge in [0.05, 0.1) is 18.0 Å². The number of nitrogens with zero attached hydrogens (tertiary/aromatic N) is 5. The molecule has 12 heteroatoms. The van der Waals surface area contributed by atoms with Crippen LogP contribution < -0.4 is 16.0 Å². The normalized spacial score (nSPS) is 17.5. The van der Waals surface area contributed by atoms with E-state index in [1.54, 1.807) is 4.90 Å². The summed E-state index contributed by atoms with van der Waals surface area (Å²) in [6.45, 7) is 10.4. The molecule has 0 spiro atoms. The number of amides is 3. The SMILES string of the molecule is CC(C)NC(=O)c1ccc2c(c1)CCc1cc(C(=O)NC(C)C)ccc1C2(C[C@@H](C)NCC(=O)N1CCCC1C#N)c1nn[nH]n1. The van der Waals surface area contributed by atoms with Gasteiger partial charge in [-0.2, -0.15) is 10.5 Å². The molecule has 4 N–H and O–H groups in total. The minimum Gasteiger partial charge on any atom is -0.350 e. The van der Waals surface area contributed by atoms with Crippen molar-refractivity contribution in [3.8, 4) is 6.07 Å². The third-order valence-electron chi connectivity index (χ3n) is 8.82. The maximum absolute atomic E-state index is 13.1. The lowest BCUT2D eigenvalue weighted by atomic mass is 9.67. The Kier molecular flexibility index (Phi) is 9.82. The van der Waals surface area contributed by atoms with Gasteiger partial charge >= 0.3 is 0 Å². The lowest BCUT2D eigenvalue weighted by Crippen LogP contribution is -2.45. The van der Waals surface area contributed by atoms with Crippen molar-refractivity contribution in [2.45, 2.75) is 96.3 Å². The Hall–Kier alpha value is -4.63. The summed E-state index contributed by atoms with van der Waals surface area (Å²) in [6.07, 6.45) is 3.23. The lowest BCUT2D eigenvalue weighted by molar-refractivity contribution is -0.130. The summed E-state index contributed by atoms with van der Waals surface area (Å²) in [5.41, 5.74) is 4.03. The Morgan fingerprint density at radius 3 is 2.07 bits per heavy atom. The second-order valence-electron chi connectivity index (χ2n) is 13.0. The first-order valence-corrected chi connectivity index (χ1v) is 16.1. The highest BCUT2D eigenvalue weighted by atomic mass is 16.2. The Bertz CT molecular complexity index is 1550. The van der Waals surface area contributed by atoms with Gasteiger partial charge in [-0.25, -0.2) is 0 Å². The first-order chi connectivity index (χ1) is 22.0. The molecule has 5 rings (SSSR count). The van der Waals surface area contributed by atoms with E-state index in [2.05, 4.69) is 42.6 Å². The van der Waals surface area contributed by atoms with Crippen LogP contribution in [0.3, 0.4) is 0 Å². The van der Waals surface area contributed by atoms with Crippen LogP contribution in [-0.4, -0.2) is 80.5 Å². The average Bonchev–Trinajstić information content (AvgIpc) is 3.72. The quantitative estimate of drug-likeness (QED) is 0.267. The number of nitriles is 1. The molecule has 46 heavy (non-hydrogen) atoms. The molecule has 3 amide bonds. The molecule has 2 aliphatic rings. The van der Waals surface area contributed by atoms with Gasteiger partial charge in [0.25, 0.3) is 11.8 Å². The molecule has 242 valence electrons. The summed E-state index contributed by atoms with van der Waals surface area (Å²) in [5.74, 6) is 0.0551. The number of hydrogen-bond acceptors (Lipinski definition) is 8. The van der Waals surface area contributed by atoms with Gasteiger partial charge in [0.15, 0.2) is 5.82 Å². The predicted molar refractivity (Wildman–Crippen MR) is 172 cm³/mol. The number of carbonyl (C=O) groups is 3. The molecule has 2 atom stereocenters. The van der Waals surface area contributed by atoms with Gasteiger partial charge < -0.3 is 20.9 Å². The van der Waals surface area contributed by atoms with Crippen LogP contribution in [0.2, 0.25) is 0 Å². The summed E-state index contributed by atoms with van der Waals surface area (Å²) in [7, 11) is 0. The minimum atomic E-state index is -0.924. The predicted octanol–water partition coefficient (Wildman–Crippen LogP) is 2.79. The Labute approximate surface area is 269 Å². The van der Waals surface area contributed by atoms with Crippen LogP contribution in [0.1, 0.15) is 103 Å². The number of rotatable bonds is 10. The fraction of sp³-hybridized carbons (Fsp3) is 0.500. The molecular weight excluding hydrogens is 582 g/mol. The highest BCUT2D eigenvalue weighted by Crippen LogP contribution is 2.47. The molecule has 1 unspecified atom stereocenters. The number of H-pyrrole nitrogens is 1. The maximum Gasteiger partial charge on any atom is 0.251 e. The summed E-state index contributed by atoms with van der Waals surface area (Å²) in [4.78, 5) is 40.9. The van der Waals surface area contributed by atoms with Crippen molar-refractivity contribution in [3.05, 3.63) is 75.6 Å². The number of aryl methyl sites for hydroxylation is 2. The van der Waals surface area contributed by atoms with Gasteiger partial charge in [-0.1, -0.05) is 17.3 Å². The van der Waals surface area contributed by atoms with Gasteiger partial charge in [-0.3, -0.25) is 14.4 Å². The van der Waals surface area contributed by atoms with Crippen molar-refractivity contribution in [1.82, 2.24) is 41.5 Å². The number of aromatic nitrogens is 4. The van der Waals surface area contributed by atoms with E-state index in [-0.39, 0.29) is 48.4 Å². The standard InChI is InChI=1S/C34H43N9O3/c1-20(2)37-31(45)25-10-12-28-23(15-25)8-9-24-16-26(32(46)38-21(3)4)11-13-29(24)34(28,33-39-41-42-40-33)17-22(5)36-19-30(44)43-14-6-7-27(43)18-35/h10-13,15-16,20-22,27,36H,6-9,14,17,19H2,1-5H3,(H,37,45)(H,38,46)(H,39,40,41,42)/t22-,27?/m1/s1. The molecule has 3 aromatic rings. The molecule has 1 aliphatic heterocycles. The smallest absolute Gasteiger partial charge is 0.251 e. The van der Waals surface area contributed by atoms with Crippen LogP contribution in [0.15, 0.2) is 36.4 Å². The van der Waals surface area contributed by atoms with Crippen LogP contribution in [0.4, 0.5) is 0 Å². The van der Waals surface area contributed by atoms with Crippen LogP contribution in [0.5, 0.6) is 0 Å². The average molecular weight is 626 g/mol. The Morgan fingerprint density at radius 1 is 0.978 bits per heavy atom. The Morgan fingerprint density at radius 2 is 1.57 bits per heavy atom. The topological polar surface area (TPSA) is 169 Å². The fourth-order valence-electron chi connectivity index (χ4n) is 6.81. The third-order valence-corrected chi connectivity index (χ3v) is 8.82. The van der Waals surface area contributed by atoms with Crippen molar-refractivity contribution in [1.29, 1.82) is 5.26 Å². The first-order valence-electron chi connectivity index (χ1n) is 16.1. The van der Waals surface area contributed by atoms with Crippen molar-refractivity contribution in [2.24, 2.45) is 0 Å². The number of hydrogen-bond donors (Lipinski definition) is 4. The van der Waals surface area contributed by atoms with Crippen LogP contribution >= 0.6 is 0 Å². The zero-order valence-electron chi connectivity index (χ0n) is 27.2. The number of carbonyl (C=O) groups excluding carboxylic acids is 3. The molecule has 0 radical (unpaired) electrons. The molecule has 1 aliphatic carbocycles. The van der Waals surface area contributed by atoms with Crippen molar-refractivity contribution in [3.63, 3.8) is 0 Å². The molecule has 0 bridgehead atoms. The molecule has 0 saturated carbocycles. The fourth-order valence-corrected chi connectivity index (χ4v) is 6.81. The Balaban J connectivity index is 1.59. The molecule has 1 fully saturated rings. The zero-order valence-corrected chi connectivity index (χ0v) is 27.2. The van der Waals surface area contributed by atoms with E-state index in [4.69, 9.17) is 0 Å². The number of tetrazole rings is 1. The van der Waals surface area contributed by atoms with E-state index in [0.717, 1.165) is 28.7 Å². The van der Waals surface area contributed by atoms with E-state index in [0.29, 0.717) is 49.2 Å². The molecule has 2 aromatic carbocycles. The van der Waals surface area contributed by atoms with Gasteiger partial charge in [0.1, 0.15) is 6.04 Å². The number of benzene rings is 2. The molecular formula is C34H43N9O3. The van der Waals surface area contributed by atoms with Crippen LogP contribution in [0.25, 0.3) is 0 Å².